The monoisotopic (exact) mass is 261 g/mol. The third-order valence-electron chi connectivity index (χ3n) is 3.91. The van der Waals surface area contributed by atoms with E-state index < -0.39 is 0 Å². The fourth-order valence-corrected chi connectivity index (χ4v) is 3.00. The molecule has 0 saturated carbocycles. The molecule has 0 fully saturated rings. The van der Waals surface area contributed by atoms with Gasteiger partial charge in [0.15, 0.2) is 0 Å². The van der Waals surface area contributed by atoms with Crippen LogP contribution in [0.25, 0.3) is 0 Å². The molecular weight excluding hydrogens is 234 g/mol. The zero-order chi connectivity index (χ0) is 14.0. The van der Waals surface area contributed by atoms with Crippen molar-refractivity contribution < 1.29 is 4.74 Å². The van der Waals surface area contributed by atoms with Gasteiger partial charge in [-0.2, -0.15) is 0 Å². The molecular formula is C17H27NO. The molecule has 1 aromatic carbocycles. The van der Waals surface area contributed by atoms with E-state index in [9.17, 15) is 0 Å². The van der Waals surface area contributed by atoms with E-state index in [1.807, 2.05) is 6.92 Å². The maximum absolute atomic E-state index is 6.18. The first kappa shape index (κ1) is 14.4. The van der Waals surface area contributed by atoms with Crippen LogP contribution in [-0.2, 0) is 12.8 Å². The molecule has 2 nitrogen and oxygen atoms in total. The summed E-state index contributed by atoms with van der Waals surface area (Å²) in [6, 6.07) is 6.57. The molecule has 0 heterocycles. The molecule has 2 rings (SSSR count). The second-order valence-electron chi connectivity index (χ2n) is 6.90. The summed E-state index contributed by atoms with van der Waals surface area (Å²) in [7, 11) is 0. The minimum atomic E-state index is 0.0241. The van der Waals surface area contributed by atoms with Crippen LogP contribution in [0.15, 0.2) is 18.2 Å². The van der Waals surface area contributed by atoms with Crippen molar-refractivity contribution in [1.82, 2.24) is 0 Å². The third-order valence-corrected chi connectivity index (χ3v) is 3.91. The summed E-state index contributed by atoms with van der Waals surface area (Å²) < 4.78 is 6.18. The van der Waals surface area contributed by atoms with E-state index in [0.29, 0.717) is 0 Å². The number of fused-ring (bicyclic) bond motifs is 1. The molecule has 0 radical (unpaired) electrons. The SMILES string of the molecule is CC(N)C(Oc1ccc2c(c1)CCCC2)C(C)(C)C. The van der Waals surface area contributed by atoms with Crippen LogP contribution in [-0.4, -0.2) is 12.1 Å². The Morgan fingerprint density at radius 3 is 2.32 bits per heavy atom. The molecule has 2 atom stereocenters. The lowest BCUT2D eigenvalue weighted by molar-refractivity contribution is 0.0683. The van der Waals surface area contributed by atoms with Crippen LogP contribution in [0.5, 0.6) is 5.75 Å². The molecule has 106 valence electrons. The van der Waals surface area contributed by atoms with Crippen LogP contribution in [0.1, 0.15) is 51.7 Å². The van der Waals surface area contributed by atoms with E-state index in [4.69, 9.17) is 10.5 Å². The minimum Gasteiger partial charge on any atom is -0.488 e. The summed E-state index contributed by atoms with van der Waals surface area (Å²) in [5.41, 5.74) is 9.08. The lowest BCUT2D eigenvalue weighted by Gasteiger charge is -2.34. The normalized spacial score (nSPS) is 18.6. The van der Waals surface area contributed by atoms with Gasteiger partial charge in [0, 0.05) is 11.5 Å². The molecule has 0 saturated heterocycles. The Bertz CT molecular complexity index is 431. The minimum absolute atomic E-state index is 0.0241. The maximum atomic E-state index is 6.18. The van der Waals surface area contributed by atoms with Gasteiger partial charge in [0.1, 0.15) is 11.9 Å². The molecule has 2 heteroatoms. The summed E-state index contributed by atoms with van der Waals surface area (Å²) >= 11 is 0. The highest BCUT2D eigenvalue weighted by molar-refractivity contribution is 5.37. The molecule has 0 amide bonds. The van der Waals surface area contributed by atoms with Crippen LogP contribution in [0.3, 0.4) is 0 Å². The summed E-state index contributed by atoms with van der Waals surface area (Å²) in [6.45, 7) is 8.56. The first-order valence-corrected chi connectivity index (χ1v) is 7.42. The van der Waals surface area contributed by atoms with Crippen LogP contribution in [0.2, 0.25) is 0 Å². The Hall–Kier alpha value is -1.02. The number of hydrogen-bond acceptors (Lipinski definition) is 2. The highest BCUT2D eigenvalue weighted by Crippen LogP contribution is 2.30. The standard InChI is InChI=1S/C17H27NO/c1-12(18)16(17(2,3)4)19-15-10-9-13-7-5-6-8-14(13)11-15/h9-12,16H,5-8,18H2,1-4H3. The third kappa shape index (κ3) is 3.50. The average molecular weight is 261 g/mol. The van der Waals surface area contributed by atoms with Crippen molar-refractivity contribution in [2.45, 2.75) is 65.5 Å². The first-order valence-electron chi connectivity index (χ1n) is 7.42. The van der Waals surface area contributed by atoms with E-state index in [0.717, 1.165) is 5.75 Å². The van der Waals surface area contributed by atoms with Gasteiger partial charge in [-0.25, -0.2) is 0 Å². The Labute approximate surface area is 117 Å². The van der Waals surface area contributed by atoms with Gasteiger partial charge in [-0.1, -0.05) is 26.8 Å². The van der Waals surface area contributed by atoms with Crippen LogP contribution in [0, 0.1) is 5.41 Å². The van der Waals surface area contributed by atoms with E-state index >= 15 is 0 Å². The number of hydrogen-bond donors (Lipinski definition) is 1. The molecule has 2 unspecified atom stereocenters. The van der Waals surface area contributed by atoms with Crippen LogP contribution >= 0.6 is 0 Å². The number of aryl methyl sites for hydroxylation is 2. The number of ether oxygens (including phenoxy) is 1. The van der Waals surface area contributed by atoms with Crippen LogP contribution < -0.4 is 10.5 Å². The maximum Gasteiger partial charge on any atom is 0.120 e. The summed E-state index contributed by atoms with van der Waals surface area (Å²) in [6.07, 6.45) is 5.05. The zero-order valence-electron chi connectivity index (χ0n) is 12.7. The molecule has 0 bridgehead atoms. The van der Waals surface area contributed by atoms with Crippen LogP contribution in [0.4, 0.5) is 0 Å². The smallest absolute Gasteiger partial charge is 0.120 e. The molecule has 19 heavy (non-hydrogen) atoms. The van der Waals surface area contributed by atoms with Crippen molar-refractivity contribution in [3.05, 3.63) is 29.3 Å². The van der Waals surface area contributed by atoms with Gasteiger partial charge in [0.2, 0.25) is 0 Å². The largest absolute Gasteiger partial charge is 0.488 e. The Morgan fingerprint density at radius 1 is 1.11 bits per heavy atom. The average Bonchev–Trinajstić information content (AvgIpc) is 2.34. The summed E-state index contributed by atoms with van der Waals surface area (Å²) in [4.78, 5) is 0. The second-order valence-corrected chi connectivity index (χ2v) is 6.90. The van der Waals surface area contributed by atoms with Gasteiger partial charge >= 0.3 is 0 Å². The van der Waals surface area contributed by atoms with Crippen molar-refractivity contribution in [2.24, 2.45) is 11.1 Å². The molecule has 1 aromatic rings. The molecule has 1 aliphatic rings. The lowest BCUT2D eigenvalue weighted by atomic mass is 9.85. The predicted octanol–water partition coefficient (Wildman–Crippen LogP) is 3.71. The predicted molar refractivity (Wildman–Crippen MR) is 80.6 cm³/mol. The van der Waals surface area contributed by atoms with Crippen molar-refractivity contribution in [2.75, 3.05) is 0 Å². The molecule has 1 aliphatic carbocycles. The number of benzene rings is 1. The van der Waals surface area contributed by atoms with Gasteiger partial charge in [0.25, 0.3) is 0 Å². The highest BCUT2D eigenvalue weighted by atomic mass is 16.5. The molecule has 0 spiro atoms. The summed E-state index contributed by atoms with van der Waals surface area (Å²) in [5, 5.41) is 0. The van der Waals surface area contributed by atoms with Gasteiger partial charge in [-0.3, -0.25) is 0 Å². The summed E-state index contributed by atoms with van der Waals surface area (Å²) in [5.74, 6) is 0.970. The Morgan fingerprint density at radius 2 is 1.74 bits per heavy atom. The molecule has 2 N–H and O–H groups in total. The van der Waals surface area contributed by atoms with Gasteiger partial charge in [-0.15, -0.1) is 0 Å². The van der Waals surface area contributed by atoms with Crippen molar-refractivity contribution in [1.29, 1.82) is 0 Å². The first-order chi connectivity index (χ1) is 8.88. The fourth-order valence-electron chi connectivity index (χ4n) is 3.00. The van der Waals surface area contributed by atoms with E-state index in [1.165, 1.54) is 36.8 Å². The molecule has 0 aliphatic heterocycles. The molecule has 0 aromatic heterocycles. The highest BCUT2D eigenvalue weighted by Gasteiger charge is 2.30. The van der Waals surface area contributed by atoms with E-state index in [2.05, 4.69) is 39.0 Å². The fraction of sp³-hybridized carbons (Fsp3) is 0.647. The van der Waals surface area contributed by atoms with Crippen molar-refractivity contribution in [3.63, 3.8) is 0 Å². The Kier molecular flexibility index (Phi) is 4.19. The second kappa shape index (κ2) is 5.54. The van der Waals surface area contributed by atoms with Gasteiger partial charge < -0.3 is 10.5 Å². The Balaban J connectivity index is 2.18. The number of nitrogens with two attached hydrogens (primary N) is 1. The van der Waals surface area contributed by atoms with Crippen molar-refractivity contribution >= 4 is 0 Å². The van der Waals surface area contributed by atoms with E-state index in [1.54, 1.807) is 0 Å². The van der Waals surface area contributed by atoms with Gasteiger partial charge in [0.05, 0.1) is 0 Å². The lowest BCUT2D eigenvalue weighted by Crippen LogP contribution is -2.45. The van der Waals surface area contributed by atoms with Gasteiger partial charge in [-0.05, 0) is 55.9 Å². The zero-order valence-corrected chi connectivity index (χ0v) is 12.7. The number of rotatable bonds is 3. The quantitative estimate of drug-likeness (QED) is 0.900. The van der Waals surface area contributed by atoms with Crippen molar-refractivity contribution in [3.8, 4) is 5.75 Å². The van der Waals surface area contributed by atoms with E-state index in [-0.39, 0.29) is 17.6 Å². The topological polar surface area (TPSA) is 35.2 Å².